The number of nitrogens with one attached hydrogen (secondary N) is 1. The molecule has 0 aliphatic heterocycles. The van der Waals surface area contributed by atoms with Gasteiger partial charge in [0.1, 0.15) is 6.54 Å². The molecule has 0 aliphatic carbocycles. The van der Waals surface area contributed by atoms with Crippen molar-refractivity contribution in [2.24, 2.45) is 5.84 Å². The van der Waals surface area contributed by atoms with Gasteiger partial charge in [-0.25, -0.2) is 5.43 Å². The Morgan fingerprint density at radius 3 is 2.78 bits per heavy atom. The van der Waals surface area contributed by atoms with Crippen LogP contribution in [0.2, 0.25) is 0 Å². The second-order valence-corrected chi connectivity index (χ2v) is 1.19. The number of hydrogen-bond acceptors (Lipinski definition) is 4. The zero-order chi connectivity index (χ0) is 6.41. The largest absolute Gasteiger partial charge is 1.00 e. The third-order valence-corrected chi connectivity index (χ3v) is 0.552. The third kappa shape index (κ3) is 7.68. The van der Waals surface area contributed by atoms with E-state index in [0.717, 1.165) is 0 Å². The molecule has 0 aliphatic rings. The Balaban J connectivity index is -0.000000245. The molecular weight excluding hydrogens is 144 g/mol. The van der Waals surface area contributed by atoms with Gasteiger partial charge in [0.15, 0.2) is 0 Å². The lowest BCUT2D eigenvalue weighted by Gasteiger charge is -1.97. The molecule has 0 atom stereocenters. The number of ether oxygens (including phenoxy) is 1. The highest BCUT2D eigenvalue weighted by atomic mass is 35.5. The minimum atomic E-state index is -0.324. The Kier molecular flexibility index (Phi) is 9.79. The molecule has 0 spiro atoms. The molecule has 0 radical (unpaired) electrons. The van der Waals surface area contributed by atoms with Gasteiger partial charge in [0.25, 0.3) is 0 Å². The quantitative estimate of drug-likeness (QED) is 0.248. The fraction of sp³-hybridized carbons (Fsp3) is 0.750. The van der Waals surface area contributed by atoms with E-state index in [1.165, 1.54) is 0 Å². The standard InChI is InChI=1S/C4H10N2O2.ClH/c1-2-8-4(7)3-6-5;/h6H,2-3,5H2,1H3;1H. The zero-order valence-corrected chi connectivity index (χ0v) is 5.94. The summed E-state index contributed by atoms with van der Waals surface area (Å²) >= 11 is 0. The Morgan fingerprint density at radius 2 is 2.44 bits per heavy atom. The number of hydrazine groups is 1. The zero-order valence-electron chi connectivity index (χ0n) is 6.19. The van der Waals surface area contributed by atoms with E-state index in [4.69, 9.17) is 5.84 Å². The smallest absolute Gasteiger partial charge is 1.00 e. The summed E-state index contributed by atoms with van der Waals surface area (Å²) in [7, 11) is 0. The molecule has 0 aromatic rings. The maximum absolute atomic E-state index is 10.3. The van der Waals surface area contributed by atoms with Crippen LogP contribution in [0.25, 0.3) is 0 Å². The molecule has 0 aromatic carbocycles. The maximum Gasteiger partial charge on any atom is 1.00 e. The van der Waals surface area contributed by atoms with Gasteiger partial charge in [-0.2, -0.15) is 0 Å². The van der Waals surface area contributed by atoms with Crippen LogP contribution in [-0.2, 0) is 9.53 Å². The minimum Gasteiger partial charge on any atom is -1.00 e. The van der Waals surface area contributed by atoms with Crippen LogP contribution in [0.5, 0.6) is 0 Å². The molecule has 0 unspecified atom stereocenters. The highest BCUT2D eigenvalue weighted by Crippen LogP contribution is 1.71. The van der Waals surface area contributed by atoms with E-state index >= 15 is 0 Å². The summed E-state index contributed by atoms with van der Waals surface area (Å²) < 4.78 is 4.50. The van der Waals surface area contributed by atoms with Gasteiger partial charge in [0, 0.05) is 0 Å². The number of carbonyl (C=O) groups excluding carboxylic acids is 1. The van der Waals surface area contributed by atoms with Gasteiger partial charge in [-0.1, -0.05) is 0 Å². The van der Waals surface area contributed by atoms with Crippen LogP contribution in [0.4, 0.5) is 0 Å². The van der Waals surface area contributed by atoms with Gasteiger partial charge in [0.2, 0.25) is 0 Å². The molecule has 56 valence electrons. The fourth-order valence-corrected chi connectivity index (χ4v) is 0.295. The molecular formula is C4H11ClN2O2. The molecule has 0 bridgehead atoms. The normalized spacial score (nSPS) is 7.78. The van der Waals surface area contributed by atoms with E-state index in [2.05, 4.69) is 10.2 Å². The lowest BCUT2D eigenvalue weighted by Crippen LogP contribution is -3.00. The number of hydrogen-bond donors (Lipinski definition) is 2. The monoisotopic (exact) mass is 154 g/mol. The van der Waals surface area contributed by atoms with Gasteiger partial charge >= 0.3 is 7.40 Å². The molecule has 3 N–H and O–H groups in total. The van der Waals surface area contributed by atoms with Crippen LogP contribution in [0, 0.1) is 0 Å². The Hall–Kier alpha value is -0.320. The average molecular weight is 155 g/mol. The predicted octanol–water partition coefficient (Wildman–Crippen LogP) is -3.87. The van der Waals surface area contributed by atoms with Crippen molar-refractivity contribution in [2.75, 3.05) is 13.2 Å². The molecule has 0 saturated heterocycles. The second kappa shape index (κ2) is 7.68. The van der Waals surface area contributed by atoms with Crippen molar-refractivity contribution in [1.29, 1.82) is 0 Å². The molecule has 0 heterocycles. The third-order valence-electron chi connectivity index (χ3n) is 0.552. The summed E-state index contributed by atoms with van der Waals surface area (Å²) in [6, 6.07) is 0. The van der Waals surface area contributed by atoms with Gasteiger partial charge in [-0.05, 0) is 6.92 Å². The number of carbonyl (C=O) groups is 1. The molecule has 0 amide bonds. The van der Waals surface area contributed by atoms with Gasteiger partial charge in [0.05, 0.1) is 6.61 Å². The maximum atomic E-state index is 10.3. The minimum absolute atomic E-state index is 0. The second-order valence-electron chi connectivity index (χ2n) is 1.19. The molecule has 0 fully saturated rings. The number of nitrogens with two attached hydrogens (primary N) is 1. The molecule has 5 heteroatoms. The highest BCUT2D eigenvalue weighted by molar-refractivity contribution is 5.71. The Labute approximate surface area is 61.6 Å². The van der Waals surface area contributed by atoms with E-state index < -0.39 is 0 Å². The van der Waals surface area contributed by atoms with Crippen molar-refractivity contribution in [3.63, 3.8) is 0 Å². The number of halogens is 1. The summed E-state index contributed by atoms with van der Waals surface area (Å²) in [6.07, 6.45) is 0. The van der Waals surface area contributed by atoms with E-state index in [9.17, 15) is 4.79 Å². The molecule has 0 aromatic heterocycles. The molecule has 0 rings (SSSR count). The van der Waals surface area contributed by atoms with Crippen LogP contribution in [0.1, 0.15) is 8.35 Å². The Bertz CT molecular complexity index is 75.7. The van der Waals surface area contributed by atoms with Crippen molar-refractivity contribution in [3.05, 3.63) is 0 Å². The summed E-state index contributed by atoms with van der Waals surface area (Å²) in [6.45, 7) is 2.22. The van der Waals surface area contributed by atoms with E-state index in [-0.39, 0.29) is 26.3 Å². The summed E-state index contributed by atoms with van der Waals surface area (Å²) in [5.41, 5.74) is 2.18. The summed E-state index contributed by atoms with van der Waals surface area (Å²) in [5, 5.41) is 0. The predicted molar refractivity (Wildman–Crippen MR) is 29.9 cm³/mol. The van der Waals surface area contributed by atoms with E-state index in [1.54, 1.807) is 6.92 Å². The SMILES string of the molecule is CCOC(=O)CNN.[Cl-].[H+]. The van der Waals surface area contributed by atoms with Crippen molar-refractivity contribution in [3.8, 4) is 0 Å². The first-order chi connectivity index (χ1) is 3.81. The molecule has 9 heavy (non-hydrogen) atoms. The molecule has 4 nitrogen and oxygen atoms in total. The van der Waals surface area contributed by atoms with Crippen LogP contribution >= 0.6 is 0 Å². The Morgan fingerprint density at radius 1 is 1.89 bits per heavy atom. The first-order valence-corrected chi connectivity index (χ1v) is 2.40. The van der Waals surface area contributed by atoms with Crippen LogP contribution in [-0.4, -0.2) is 19.1 Å². The van der Waals surface area contributed by atoms with Gasteiger partial charge in [-0.15, -0.1) is 0 Å². The summed E-state index contributed by atoms with van der Waals surface area (Å²) in [5.74, 6) is 4.48. The van der Waals surface area contributed by atoms with E-state index in [1.807, 2.05) is 0 Å². The topological polar surface area (TPSA) is 64.3 Å². The van der Waals surface area contributed by atoms with Crippen molar-refractivity contribution in [2.45, 2.75) is 6.92 Å². The number of esters is 1. The molecule has 0 saturated carbocycles. The lowest BCUT2D eigenvalue weighted by molar-refractivity contribution is -0.141. The average Bonchev–Trinajstić information content (AvgIpc) is 1.68. The van der Waals surface area contributed by atoms with Crippen molar-refractivity contribution in [1.82, 2.24) is 5.43 Å². The van der Waals surface area contributed by atoms with Crippen molar-refractivity contribution < 1.29 is 23.4 Å². The van der Waals surface area contributed by atoms with Crippen LogP contribution in [0.15, 0.2) is 0 Å². The number of rotatable bonds is 3. The van der Waals surface area contributed by atoms with E-state index in [0.29, 0.717) is 6.61 Å². The van der Waals surface area contributed by atoms with Crippen LogP contribution < -0.4 is 23.7 Å². The first kappa shape index (κ1) is 11.5. The van der Waals surface area contributed by atoms with Crippen LogP contribution in [0.3, 0.4) is 0 Å². The summed E-state index contributed by atoms with van der Waals surface area (Å²) in [4.78, 5) is 10.3. The lowest BCUT2D eigenvalue weighted by atomic mass is 10.7. The van der Waals surface area contributed by atoms with Gasteiger partial charge in [-0.3, -0.25) is 10.6 Å². The fourth-order valence-electron chi connectivity index (χ4n) is 0.295. The first-order valence-electron chi connectivity index (χ1n) is 2.40. The van der Waals surface area contributed by atoms with Crippen molar-refractivity contribution >= 4 is 5.97 Å². The van der Waals surface area contributed by atoms with Gasteiger partial charge < -0.3 is 17.1 Å². The highest BCUT2D eigenvalue weighted by Gasteiger charge is 1.95.